The summed E-state index contributed by atoms with van der Waals surface area (Å²) in [5, 5.41) is 5.35. The van der Waals surface area contributed by atoms with Crippen molar-refractivity contribution >= 4 is 23.3 Å². The lowest BCUT2D eigenvalue weighted by Gasteiger charge is -2.32. The van der Waals surface area contributed by atoms with E-state index in [-0.39, 0.29) is 0 Å². The summed E-state index contributed by atoms with van der Waals surface area (Å²) in [4.78, 5) is 28.9. The fourth-order valence-corrected chi connectivity index (χ4v) is 2.51. The number of aromatic nitrogens is 1. The van der Waals surface area contributed by atoms with Gasteiger partial charge in [-0.25, -0.2) is 4.98 Å². The Kier molecular flexibility index (Phi) is 3.52. The Bertz CT molecular complexity index is 783. The fraction of sp³-hybridized carbons (Fsp3) is 0.235. The van der Waals surface area contributed by atoms with Crippen LogP contribution in [0.1, 0.15) is 18.1 Å². The maximum Gasteiger partial charge on any atom is 0.279 e. The number of anilines is 2. The highest BCUT2D eigenvalue weighted by Gasteiger charge is 2.47. The molecule has 0 fully saturated rings. The molecule has 0 saturated carbocycles. The molecular formula is C17H17N3O3. The number of fused-ring (bicyclic) bond motifs is 1. The predicted molar refractivity (Wildman–Crippen MR) is 86.4 cm³/mol. The monoisotopic (exact) mass is 311 g/mol. The zero-order chi connectivity index (χ0) is 16.6. The van der Waals surface area contributed by atoms with Crippen molar-refractivity contribution in [1.82, 2.24) is 4.98 Å². The average molecular weight is 311 g/mol. The molecule has 23 heavy (non-hydrogen) atoms. The van der Waals surface area contributed by atoms with E-state index in [0.29, 0.717) is 17.3 Å². The molecule has 6 nitrogen and oxygen atoms in total. The molecule has 0 aliphatic carbocycles. The number of hydrogen-bond acceptors (Lipinski definition) is 4. The fourth-order valence-electron chi connectivity index (χ4n) is 2.51. The highest BCUT2D eigenvalue weighted by Crippen LogP contribution is 2.32. The summed E-state index contributed by atoms with van der Waals surface area (Å²) in [7, 11) is 0. The second kappa shape index (κ2) is 5.39. The van der Waals surface area contributed by atoms with Crippen LogP contribution in [0.15, 0.2) is 36.5 Å². The number of nitrogens with one attached hydrogen (secondary N) is 2. The van der Waals surface area contributed by atoms with Gasteiger partial charge in [0, 0.05) is 11.9 Å². The van der Waals surface area contributed by atoms with Crippen molar-refractivity contribution in [2.75, 3.05) is 10.6 Å². The smallest absolute Gasteiger partial charge is 0.279 e. The van der Waals surface area contributed by atoms with Crippen LogP contribution in [0.25, 0.3) is 0 Å². The second-order valence-corrected chi connectivity index (χ2v) is 5.77. The number of carbonyl (C=O) groups is 2. The standard InChI is InChI=1S/C17H17N3O3/c1-10-7-11(2)9-12(8-10)19-15(21)17(3)16(22)20-14-13(23-17)5-4-6-18-14/h4-9H,1-3H3,(H,19,21)(H,18,20,22). The molecule has 0 radical (unpaired) electrons. The SMILES string of the molecule is Cc1cc(C)cc(NC(=O)C2(C)Oc3cccnc3NC2=O)c1. The maximum absolute atomic E-state index is 12.6. The van der Waals surface area contributed by atoms with Crippen LogP contribution in [0.3, 0.4) is 0 Å². The molecule has 1 aromatic carbocycles. The van der Waals surface area contributed by atoms with Crippen molar-refractivity contribution in [3.05, 3.63) is 47.7 Å². The summed E-state index contributed by atoms with van der Waals surface area (Å²) in [5.41, 5.74) is 1.01. The molecule has 1 aliphatic heterocycles. The van der Waals surface area contributed by atoms with Gasteiger partial charge < -0.3 is 15.4 Å². The molecule has 118 valence electrons. The average Bonchev–Trinajstić information content (AvgIpc) is 2.47. The minimum Gasteiger partial charge on any atom is -0.464 e. The van der Waals surface area contributed by atoms with Crippen LogP contribution in [-0.4, -0.2) is 22.4 Å². The summed E-state index contributed by atoms with van der Waals surface area (Å²) in [6.07, 6.45) is 1.54. The molecule has 1 aliphatic rings. The first-order valence-corrected chi connectivity index (χ1v) is 7.24. The molecule has 2 amide bonds. The highest BCUT2D eigenvalue weighted by molar-refractivity contribution is 6.18. The van der Waals surface area contributed by atoms with Gasteiger partial charge in [-0.15, -0.1) is 0 Å². The zero-order valence-corrected chi connectivity index (χ0v) is 13.1. The molecular weight excluding hydrogens is 294 g/mol. The quantitative estimate of drug-likeness (QED) is 0.835. The van der Waals surface area contributed by atoms with Gasteiger partial charge in [0.25, 0.3) is 17.4 Å². The minimum atomic E-state index is -1.66. The van der Waals surface area contributed by atoms with Gasteiger partial charge in [0.2, 0.25) is 0 Å². The molecule has 1 atom stereocenters. The van der Waals surface area contributed by atoms with Gasteiger partial charge in [0.15, 0.2) is 11.6 Å². The van der Waals surface area contributed by atoms with Crippen LogP contribution >= 0.6 is 0 Å². The van der Waals surface area contributed by atoms with Gasteiger partial charge in [-0.05, 0) is 56.2 Å². The number of hydrogen-bond donors (Lipinski definition) is 2. The van der Waals surface area contributed by atoms with Crippen molar-refractivity contribution in [2.24, 2.45) is 0 Å². The van der Waals surface area contributed by atoms with Crippen LogP contribution < -0.4 is 15.4 Å². The van der Waals surface area contributed by atoms with Gasteiger partial charge in [-0.2, -0.15) is 0 Å². The Morgan fingerprint density at radius 2 is 1.96 bits per heavy atom. The summed E-state index contributed by atoms with van der Waals surface area (Å²) in [6, 6.07) is 9.01. The van der Waals surface area contributed by atoms with Crippen molar-refractivity contribution in [3.8, 4) is 5.75 Å². The maximum atomic E-state index is 12.6. The highest BCUT2D eigenvalue weighted by atomic mass is 16.5. The van der Waals surface area contributed by atoms with Gasteiger partial charge in [0.05, 0.1) is 0 Å². The van der Waals surface area contributed by atoms with E-state index < -0.39 is 17.4 Å². The van der Waals surface area contributed by atoms with Crippen molar-refractivity contribution in [1.29, 1.82) is 0 Å². The summed E-state index contributed by atoms with van der Waals surface area (Å²) < 4.78 is 5.64. The third kappa shape index (κ3) is 2.75. The van der Waals surface area contributed by atoms with E-state index in [0.717, 1.165) is 11.1 Å². The summed E-state index contributed by atoms with van der Waals surface area (Å²) in [5.74, 6) is -0.403. The van der Waals surface area contributed by atoms with E-state index in [1.165, 1.54) is 6.92 Å². The van der Waals surface area contributed by atoms with Gasteiger partial charge >= 0.3 is 0 Å². The molecule has 6 heteroatoms. The van der Waals surface area contributed by atoms with Crippen molar-refractivity contribution in [3.63, 3.8) is 0 Å². The van der Waals surface area contributed by atoms with Crippen LogP contribution in [0.5, 0.6) is 5.75 Å². The Morgan fingerprint density at radius 3 is 2.65 bits per heavy atom. The summed E-state index contributed by atoms with van der Waals surface area (Å²) >= 11 is 0. The number of benzene rings is 1. The number of rotatable bonds is 2. The molecule has 1 unspecified atom stereocenters. The number of pyridine rings is 1. The number of amides is 2. The third-order valence-corrected chi connectivity index (χ3v) is 3.66. The molecule has 2 N–H and O–H groups in total. The van der Waals surface area contributed by atoms with E-state index in [1.807, 2.05) is 32.0 Å². The first kappa shape index (κ1) is 15.0. The number of carbonyl (C=O) groups excluding carboxylic acids is 2. The molecule has 0 bridgehead atoms. The lowest BCUT2D eigenvalue weighted by molar-refractivity contribution is -0.143. The van der Waals surface area contributed by atoms with Crippen LogP contribution in [-0.2, 0) is 9.59 Å². The topological polar surface area (TPSA) is 80.3 Å². The van der Waals surface area contributed by atoms with E-state index in [2.05, 4.69) is 15.6 Å². The third-order valence-electron chi connectivity index (χ3n) is 3.66. The van der Waals surface area contributed by atoms with Gasteiger partial charge in [0.1, 0.15) is 0 Å². The lowest BCUT2D eigenvalue weighted by atomic mass is 10.0. The molecule has 2 heterocycles. The molecule has 0 spiro atoms. The summed E-state index contributed by atoms with van der Waals surface area (Å²) in [6.45, 7) is 5.32. The van der Waals surface area contributed by atoms with Crippen molar-refractivity contribution < 1.29 is 14.3 Å². The van der Waals surface area contributed by atoms with Crippen molar-refractivity contribution in [2.45, 2.75) is 26.4 Å². The number of ether oxygens (including phenoxy) is 1. The lowest BCUT2D eigenvalue weighted by Crippen LogP contribution is -2.56. The predicted octanol–water partition coefficient (Wildman–Crippen LogP) is 2.43. The van der Waals surface area contributed by atoms with Gasteiger partial charge in [-0.3, -0.25) is 9.59 Å². The van der Waals surface area contributed by atoms with E-state index in [1.54, 1.807) is 18.3 Å². The Morgan fingerprint density at radius 1 is 1.26 bits per heavy atom. The molecule has 2 aromatic rings. The Balaban J connectivity index is 1.88. The van der Waals surface area contributed by atoms with Crippen LogP contribution in [0.2, 0.25) is 0 Å². The Labute approximate surface area is 133 Å². The van der Waals surface area contributed by atoms with E-state index in [9.17, 15) is 9.59 Å². The number of aryl methyl sites for hydroxylation is 2. The van der Waals surface area contributed by atoms with Gasteiger partial charge in [-0.1, -0.05) is 6.07 Å². The number of nitrogens with zero attached hydrogens (tertiary/aromatic N) is 1. The zero-order valence-electron chi connectivity index (χ0n) is 13.1. The molecule has 3 rings (SSSR count). The first-order chi connectivity index (χ1) is 10.9. The first-order valence-electron chi connectivity index (χ1n) is 7.24. The van der Waals surface area contributed by atoms with E-state index >= 15 is 0 Å². The Hall–Kier alpha value is -2.89. The molecule has 1 aromatic heterocycles. The van der Waals surface area contributed by atoms with Crippen LogP contribution in [0, 0.1) is 13.8 Å². The van der Waals surface area contributed by atoms with E-state index in [4.69, 9.17) is 4.74 Å². The normalized spacial score (nSPS) is 19.3. The largest absolute Gasteiger partial charge is 0.464 e. The van der Waals surface area contributed by atoms with Crippen LogP contribution in [0.4, 0.5) is 11.5 Å². The molecule has 0 saturated heterocycles. The minimum absolute atomic E-state index is 0.314. The second-order valence-electron chi connectivity index (χ2n) is 5.77.